The fraction of sp³-hybridized carbons (Fsp3) is 0.786. The molecule has 0 saturated carbocycles. The largest absolute Gasteiger partial charge is 0.478 e. The molecule has 104 valence electrons. The summed E-state index contributed by atoms with van der Waals surface area (Å²) in [5, 5.41) is 7.57. The van der Waals surface area contributed by atoms with Gasteiger partial charge in [0.15, 0.2) is 0 Å². The fourth-order valence-electron chi connectivity index (χ4n) is 2.12. The molecule has 1 heterocycles. The molecular formula is C14H27N3O. The third kappa shape index (κ3) is 4.33. The second-order valence-electron chi connectivity index (χ2n) is 4.79. The predicted molar refractivity (Wildman–Crippen MR) is 75.0 cm³/mol. The van der Waals surface area contributed by atoms with Gasteiger partial charge in [0.2, 0.25) is 5.88 Å². The van der Waals surface area contributed by atoms with Crippen LogP contribution in [0.15, 0.2) is 0 Å². The molecule has 0 radical (unpaired) electrons. The van der Waals surface area contributed by atoms with Gasteiger partial charge >= 0.3 is 0 Å². The van der Waals surface area contributed by atoms with Gasteiger partial charge in [-0.3, -0.25) is 0 Å². The summed E-state index contributed by atoms with van der Waals surface area (Å²) in [7, 11) is 3.89. The maximum Gasteiger partial charge on any atom is 0.216 e. The quantitative estimate of drug-likeness (QED) is 0.688. The van der Waals surface area contributed by atoms with Gasteiger partial charge in [-0.25, -0.2) is 4.68 Å². The predicted octanol–water partition coefficient (Wildman–Crippen LogP) is 2.80. The average molecular weight is 253 g/mol. The van der Waals surface area contributed by atoms with Gasteiger partial charge in [-0.2, -0.15) is 5.10 Å². The summed E-state index contributed by atoms with van der Waals surface area (Å²) in [6.07, 6.45) is 6.31. The van der Waals surface area contributed by atoms with Crippen LogP contribution in [-0.2, 0) is 13.6 Å². The molecule has 0 atom stereocenters. The normalized spacial score (nSPS) is 10.9. The van der Waals surface area contributed by atoms with Crippen molar-refractivity contribution in [1.82, 2.24) is 15.1 Å². The Hall–Kier alpha value is -1.03. The second-order valence-corrected chi connectivity index (χ2v) is 4.79. The van der Waals surface area contributed by atoms with E-state index >= 15 is 0 Å². The Morgan fingerprint density at radius 3 is 2.61 bits per heavy atom. The van der Waals surface area contributed by atoms with Crippen LogP contribution in [0.4, 0.5) is 0 Å². The molecule has 0 aliphatic carbocycles. The van der Waals surface area contributed by atoms with Crippen molar-refractivity contribution in [3.8, 4) is 5.88 Å². The zero-order chi connectivity index (χ0) is 13.4. The van der Waals surface area contributed by atoms with Crippen molar-refractivity contribution < 1.29 is 4.74 Å². The topological polar surface area (TPSA) is 39.1 Å². The van der Waals surface area contributed by atoms with E-state index in [2.05, 4.69) is 17.3 Å². The Kier molecular flexibility index (Phi) is 6.80. The fourth-order valence-corrected chi connectivity index (χ4v) is 2.12. The van der Waals surface area contributed by atoms with Crippen molar-refractivity contribution in [3.05, 3.63) is 11.3 Å². The first-order valence-corrected chi connectivity index (χ1v) is 7.00. The molecule has 0 fully saturated rings. The van der Waals surface area contributed by atoms with Crippen molar-refractivity contribution in [2.45, 2.75) is 52.5 Å². The van der Waals surface area contributed by atoms with Gasteiger partial charge in [0, 0.05) is 13.6 Å². The lowest BCUT2D eigenvalue weighted by Gasteiger charge is -2.09. The van der Waals surface area contributed by atoms with Crippen molar-refractivity contribution in [2.24, 2.45) is 7.05 Å². The maximum absolute atomic E-state index is 5.88. The van der Waals surface area contributed by atoms with Gasteiger partial charge in [-0.05, 0) is 20.4 Å². The van der Waals surface area contributed by atoms with E-state index in [1.54, 1.807) is 0 Å². The summed E-state index contributed by atoms with van der Waals surface area (Å²) in [5.41, 5.74) is 2.22. The van der Waals surface area contributed by atoms with E-state index in [4.69, 9.17) is 4.74 Å². The Balaban J connectivity index is 2.41. The van der Waals surface area contributed by atoms with Crippen molar-refractivity contribution >= 4 is 0 Å². The number of hydrogen-bond acceptors (Lipinski definition) is 3. The zero-order valence-electron chi connectivity index (χ0n) is 12.3. The molecule has 0 spiro atoms. The van der Waals surface area contributed by atoms with E-state index in [9.17, 15) is 0 Å². The lowest BCUT2D eigenvalue weighted by atomic mass is 10.2. The molecule has 4 heteroatoms. The van der Waals surface area contributed by atoms with Crippen molar-refractivity contribution in [1.29, 1.82) is 0 Å². The van der Waals surface area contributed by atoms with Crippen LogP contribution in [0.1, 0.15) is 50.3 Å². The first kappa shape index (κ1) is 15.0. The Labute approximate surface area is 111 Å². The van der Waals surface area contributed by atoms with Crippen LogP contribution in [0, 0.1) is 6.92 Å². The number of nitrogens with zero attached hydrogens (tertiary/aromatic N) is 2. The lowest BCUT2D eigenvalue weighted by molar-refractivity contribution is 0.276. The van der Waals surface area contributed by atoms with E-state index in [1.165, 1.54) is 31.2 Å². The summed E-state index contributed by atoms with van der Waals surface area (Å²) < 4.78 is 7.72. The summed E-state index contributed by atoms with van der Waals surface area (Å²) in [5.74, 6) is 0.914. The highest BCUT2D eigenvalue weighted by atomic mass is 16.5. The molecular weight excluding hydrogens is 226 g/mol. The monoisotopic (exact) mass is 253 g/mol. The number of hydrogen-bond donors (Lipinski definition) is 1. The number of unbranched alkanes of at least 4 members (excludes halogenated alkanes) is 4. The first-order valence-electron chi connectivity index (χ1n) is 7.00. The number of nitrogens with one attached hydrogen (secondary N) is 1. The van der Waals surface area contributed by atoms with Crippen LogP contribution < -0.4 is 10.1 Å². The van der Waals surface area contributed by atoms with Crippen LogP contribution in [0.25, 0.3) is 0 Å². The highest BCUT2D eigenvalue weighted by Crippen LogP contribution is 2.21. The molecule has 18 heavy (non-hydrogen) atoms. The van der Waals surface area contributed by atoms with E-state index in [-0.39, 0.29) is 0 Å². The number of aromatic nitrogens is 2. The molecule has 0 bridgehead atoms. The SMILES string of the molecule is CCCCCCCOc1c(CNC)c(C)nn1C. The highest BCUT2D eigenvalue weighted by molar-refractivity contribution is 5.30. The van der Waals surface area contributed by atoms with Gasteiger partial charge in [0.25, 0.3) is 0 Å². The first-order chi connectivity index (χ1) is 8.70. The standard InChI is InChI=1S/C14H27N3O/c1-5-6-7-8-9-10-18-14-13(11-15-3)12(2)16-17(14)4/h15H,5-11H2,1-4H3. The Morgan fingerprint density at radius 2 is 1.94 bits per heavy atom. The smallest absolute Gasteiger partial charge is 0.216 e. The lowest BCUT2D eigenvalue weighted by Crippen LogP contribution is -2.09. The van der Waals surface area contributed by atoms with Gasteiger partial charge in [0.1, 0.15) is 0 Å². The maximum atomic E-state index is 5.88. The van der Waals surface area contributed by atoms with Crippen LogP contribution in [-0.4, -0.2) is 23.4 Å². The van der Waals surface area contributed by atoms with Crippen LogP contribution in [0.5, 0.6) is 5.88 Å². The van der Waals surface area contributed by atoms with Crippen LogP contribution in [0.2, 0.25) is 0 Å². The zero-order valence-corrected chi connectivity index (χ0v) is 12.3. The molecule has 0 amide bonds. The van der Waals surface area contributed by atoms with Gasteiger partial charge in [-0.1, -0.05) is 32.6 Å². The van der Waals surface area contributed by atoms with Gasteiger partial charge in [0.05, 0.1) is 17.9 Å². The third-order valence-electron chi connectivity index (χ3n) is 3.13. The summed E-state index contributed by atoms with van der Waals surface area (Å²) in [4.78, 5) is 0. The second kappa shape index (κ2) is 8.14. The minimum atomic E-state index is 0.791. The van der Waals surface area contributed by atoms with E-state index < -0.39 is 0 Å². The number of rotatable bonds is 9. The molecule has 0 aliphatic heterocycles. The van der Waals surface area contributed by atoms with Crippen LogP contribution in [0.3, 0.4) is 0 Å². The molecule has 1 rings (SSSR count). The summed E-state index contributed by atoms with van der Waals surface area (Å²) in [6, 6.07) is 0. The van der Waals surface area contributed by atoms with Crippen molar-refractivity contribution in [2.75, 3.05) is 13.7 Å². The molecule has 0 saturated heterocycles. The molecule has 1 aromatic heterocycles. The van der Waals surface area contributed by atoms with Gasteiger partial charge in [-0.15, -0.1) is 0 Å². The van der Waals surface area contributed by atoms with E-state index in [0.29, 0.717) is 0 Å². The average Bonchev–Trinajstić information content (AvgIpc) is 2.60. The van der Waals surface area contributed by atoms with Gasteiger partial charge < -0.3 is 10.1 Å². The molecule has 0 unspecified atom stereocenters. The van der Waals surface area contributed by atoms with Crippen LogP contribution >= 0.6 is 0 Å². The number of aryl methyl sites for hydroxylation is 2. The molecule has 0 aromatic carbocycles. The summed E-state index contributed by atoms with van der Waals surface area (Å²) >= 11 is 0. The summed E-state index contributed by atoms with van der Waals surface area (Å²) in [6.45, 7) is 5.87. The minimum absolute atomic E-state index is 0.791. The Morgan fingerprint density at radius 1 is 1.22 bits per heavy atom. The molecule has 4 nitrogen and oxygen atoms in total. The molecule has 0 aliphatic rings. The highest BCUT2D eigenvalue weighted by Gasteiger charge is 2.13. The van der Waals surface area contributed by atoms with E-state index in [1.807, 2.05) is 25.7 Å². The number of ether oxygens (including phenoxy) is 1. The molecule has 1 aromatic rings. The van der Waals surface area contributed by atoms with Crippen molar-refractivity contribution in [3.63, 3.8) is 0 Å². The Bertz CT molecular complexity index is 347. The van der Waals surface area contributed by atoms with E-state index in [0.717, 1.165) is 31.1 Å². The minimum Gasteiger partial charge on any atom is -0.478 e. The third-order valence-corrected chi connectivity index (χ3v) is 3.13. The molecule has 1 N–H and O–H groups in total.